The smallest absolute Gasteiger partial charge is 0.289 e. The zero-order valence-electron chi connectivity index (χ0n) is 14.6. The summed E-state index contributed by atoms with van der Waals surface area (Å²) in [4.78, 5) is 25.6. The van der Waals surface area contributed by atoms with Crippen LogP contribution in [0.3, 0.4) is 0 Å². The maximum Gasteiger partial charge on any atom is 0.289 e. The first-order chi connectivity index (χ1) is 12.7. The van der Waals surface area contributed by atoms with Crippen LogP contribution in [-0.4, -0.2) is 47.0 Å². The first-order valence-electron chi connectivity index (χ1n) is 8.69. The van der Waals surface area contributed by atoms with E-state index in [1.165, 1.54) is 0 Å². The monoisotopic (exact) mass is 348 g/mol. The second kappa shape index (κ2) is 7.00. The van der Waals surface area contributed by atoms with Crippen molar-refractivity contribution in [1.29, 1.82) is 0 Å². The molecule has 26 heavy (non-hydrogen) atoms. The Kier molecular flexibility index (Phi) is 4.39. The highest BCUT2D eigenvalue weighted by atomic mass is 16.3. The predicted molar refractivity (Wildman–Crippen MR) is 99.0 cm³/mol. The molecule has 4 rings (SSSR count). The van der Waals surface area contributed by atoms with Gasteiger partial charge in [0.25, 0.3) is 5.91 Å². The maximum absolute atomic E-state index is 12.6. The summed E-state index contributed by atoms with van der Waals surface area (Å²) in [5.41, 5.74) is 1.87. The number of rotatable bonds is 3. The molecule has 2 aromatic heterocycles. The molecule has 1 amide bonds. The van der Waals surface area contributed by atoms with Crippen LogP contribution in [0, 0.1) is 6.92 Å². The minimum atomic E-state index is -0.0418. The SMILES string of the molecule is Cc1ccoc1C(=O)N1CCN(c2ccnc(-c3ccccc3)n2)CC1. The highest BCUT2D eigenvalue weighted by Gasteiger charge is 2.25. The van der Waals surface area contributed by atoms with Crippen molar-refractivity contribution >= 4 is 11.7 Å². The van der Waals surface area contributed by atoms with Gasteiger partial charge < -0.3 is 14.2 Å². The largest absolute Gasteiger partial charge is 0.459 e. The number of carbonyl (C=O) groups excluding carboxylic acids is 1. The Labute approximate surface area is 152 Å². The predicted octanol–water partition coefficient (Wildman–Crippen LogP) is 3.01. The lowest BCUT2D eigenvalue weighted by Gasteiger charge is -2.35. The molecule has 132 valence electrons. The maximum atomic E-state index is 12.6. The molecule has 1 aromatic carbocycles. The number of furan rings is 1. The fraction of sp³-hybridized carbons (Fsp3) is 0.250. The fourth-order valence-corrected chi connectivity index (χ4v) is 3.13. The topological polar surface area (TPSA) is 62.5 Å². The first kappa shape index (κ1) is 16.3. The number of benzene rings is 1. The zero-order chi connectivity index (χ0) is 17.9. The highest BCUT2D eigenvalue weighted by molar-refractivity contribution is 5.93. The van der Waals surface area contributed by atoms with E-state index in [1.54, 1.807) is 12.5 Å². The minimum Gasteiger partial charge on any atom is -0.459 e. The summed E-state index contributed by atoms with van der Waals surface area (Å²) in [6, 6.07) is 13.7. The van der Waals surface area contributed by atoms with Gasteiger partial charge in [0.15, 0.2) is 11.6 Å². The molecular formula is C20H20N4O2. The van der Waals surface area contributed by atoms with E-state index in [0.717, 1.165) is 30.0 Å². The van der Waals surface area contributed by atoms with Gasteiger partial charge in [-0.3, -0.25) is 4.79 Å². The number of piperazine rings is 1. The van der Waals surface area contributed by atoms with Crippen LogP contribution in [0.4, 0.5) is 5.82 Å². The van der Waals surface area contributed by atoms with E-state index < -0.39 is 0 Å². The Morgan fingerprint density at radius 1 is 1.04 bits per heavy atom. The van der Waals surface area contributed by atoms with E-state index in [4.69, 9.17) is 9.40 Å². The lowest BCUT2D eigenvalue weighted by Crippen LogP contribution is -2.49. The number of amides is 1. The summed E-state index contributed by atoms with van der Waals surface area (Å²) in [5.74, 6) is 2.00. The molecule has 1 aliphatic heterocycles. The quantitative estimate of drug-likeness (QED) is 0.728. The van der Waals surface area contributed by atoms with Crippen LogP contribution in [0.15, 0.2) is 59.3 Å². The van der Waals surface area contributed by atoms with Crippen LogP contribution < -0.4 is 4.90 Å². The van der Waals surface area contributed by atoms with Gasteiger partial charge in [-0.15, -0.1) is 0 Å². The molecule has 1 fully saturated rings. The molecule has 0 radical (unpaired) electrons. The number of anilines is 1. The van der Waals surface area contributed by atoms with Gasteiger partial charge in [0.2, 0.25) is 0 Å². The van der Waals surface area contributed by atoms with E-state index in [1.807, 2.05) is 54.3 Å². The molecule has 0 spiro atoms. The van der Waals surface area contributed by atoms with Gasteiger partial charge in [-0.25, -0.2) is 9.97 Å². The molecule has 6 nitrogen and oxygen atoms in total. The van der Waals surface area contributed by atoms with Gasteiger partial charge in [-0.2, -0.15) is 0 Å². The Bertz CT molecular complexity index is 899. The minimum absolute atomic E-state index is 0.0418. The molecule has 0 bridgehead atoms. The van der Waals surface area contributed by atoms with Crippen molar-refractivity contribution < 1.29 is 9.21 Å². The van der Waals surface area contributed by atoms with Crippen molar-refractivity contribution in [1.82, 2.24) is 14.9 Å². The summed E-state index contributed by atoms with van der Waals surface area (Å²) in [5, 5.41) is 0. The number of hydrogen-bond donors (Lipinski definition) is 0. The Hall–Kier alpha value is -3.15. The van der Waals surface area contributed by atoms with E-state index in [9.17, 15) is 4.79 Å². The average molecular weight is 348 g/mol. The summed E-state index contributed by atoms with van der Waals surface area (Å²) in [7, 11) is 0. The van der Waals surface area contributed by atoms with E-state index in [2.05, 4.69) is 9.88 Å². The van der Waals surface area contributed by atoms with Crippen molar-refractivity contribution in [3.05, 3.63) is 66.2 Å². The molecule has 1 aliphatic rings. The molecule has 1 saturated heterocycles. The third-order valence-corrected chi connectivity index (χ3v) is 4.62. The Balaban J connectivity index is 1.45. The van der Waals surface area contributed by atoms with Crippen molar-refractivity contribution in [2.24, 2.45) is 0 Å². The van der Waals surface area contributed by atoms with Gasteiger partial charge in [-0.05, 0) is 19.1 Å². The summed E-state index contributed by atoms with van der Waals surface area (Å²) in [6.07, 6.45) is 3.35. The van der Waals surface area contributed by atoms with Crippen molar-refractivity contribution in [2.75, 3.05) is 31.1 Å². The molecule has 6 heteroatoms. The average Bonchev–Trinajstić information content (AvgIpc) is 3.14. The molecule has 0 N–H and O–H groups in total. The summed E-state index contributed by atoms with van der Waals surface area (Å²) >= 11 is 0. The van der Waals surface area contributed by atoms with Crippen LogP contribution in [0.25, 0.3) is 11.4 Å². The molecule has 0 atom stereocenters. The Morgan fingerprint density at radius 3 is 2.50 bits per heavy atom. The van der Waals surface area contributed by atoms with Gasteiger partial charge in [0.1, 0.15) is 5.82 Å². The third-order valence-electron chi connectivity index (χ3n) is 4.62. The second-order valence-corrected chi connectivity index (χ2v) is 6.32. The zero-order valence-corrected chi connectivity index (χ0v) is 14.6. The van der Waals surface area contributed by atoms with Gasteiger partial charge >= 0.3 is 0 Å². The third kappa shape index (κ3) is 3.18. The second-order valence-electron chi connectivity index (χ2n) is 6.32. The van der Waals surface area contributed by atoms with Crippen LogP contribution >= 0.6 is 0 Å². The molecule has 0 aliphatic carbocycles. The normalized spacial score (nSPS) is 14.5. The van der Waals surface area contributed by atoms with Crippen molar-refractivity contribution in [3.63, 3.8) is 0 Å². The Morgan fingerprint density at radius 2 is 1.81 bits per heavy atom. The standard InChI is InChI=1S/C20H20N4O2/c1-15-8-14-26-18(15)20(25)24-12-10-23(11-13-24)17-7-9-21-19(22-17)16-5-3-2-4-6-16/h2-9,14H,10-13H2,1H3. The van der Waals surface area contributed by atoms with Crippen molar-refractivity contribution in [2.45, 2.75) is 6.92 Å². The highest BCUT2D eigenvalue weighted by Crippen LogP contribution is 2.20. The van der Waals surface area contributed by atoms with Gasteiger partial charge in [0.05, 0.1) is 6.26 Å². The number of aryl methyl sites for hydroxylation is 1. The lowest BCUT2D eigenvalue weighted by atomic mass is 10.2. The van der Waals surface area contributed by atoms with Crippen LogP contribution in [0.5, 0.6) is 0 Å². The summed E-state index contributed by atoms with van der Waals surface area (Å²) in [6.45, 7) is 4.64. The van der Waals surface area contributed by atoms with Crippen molar-refractivity contribution in [3.8, 4) is 11.4 Å². The van der Waals surface area contributed by atoms with E-state index in [-0.39, 0.29) is 5.91 Å². The molecule has 3 heterocycles. The van der Waals surface area contributed by atoms with E-state index >= 15 is 0 Å². The van der Waals surface area contributed by atoms with Crippen LogP contribution in [0.2, 0.25) is 0 Å². The number of hydrogen-bond acceptors (Lipinski definition) is 5. The molecule has 0 saturated carbocycles. The van der Waals surface area contributed by atoms with Crippen LogP contribution in [0.1, 0.15) is 16.1 Å². The molecule has 0 unspecified atom stereocenters. The van der Waals surface area contributed by atoms with E-state index in [0.29, 0.717) is 24.7 Å². The molecule has 3 aromatic rings. The molecular weight excluding hydrogens is 328 g/mol. The number of aromatic nitrogens is 2. The number of nitrogens with zero attached hydrogens (tertiary/aromatic N) is 4. The number of carbonyl (C=O) groups is 1. The van der Waals surface area contributed by atoms with Gasteiger partial charge in [-0.1, -0.05) is 30.3 Å². The summed E-state index contributed by atoms with van der Waals surface area (Å²) < 4.78 is 5.33. The lowest BCUT2D eigenvalue weighted by molar-refractivity contribution is 0.0713. The first-order valence-corrected chi connectivity index (χ1v) is 8.69. The van der Waals surface area contributed by atoms with Gasteiger partial charge in [0, 0.05) is 43.5 Å². The van der Waals surface area contributed by atoms with Crippen LogP contribution in [-0.2, 0) is 0 Å². The fourth-order valence-electron chi connectivity index (χ4n) is 3.13.